The van der Waals surface area contributed by atoms with Crippen LogP contribution in [0, 0.1) is 5.92 Å². The molecule has 2 amide bonds. The number of nitrogens with zero attached hydrogens (tertiary/aromatic N) is 3. The molecular formula is C29H33N3O5. The van der Waals surface area contributed by atoms with Crippen LogP contribution in [0.5, 0.6) is 11.6 Å². The lowest BCUT2D eigenvalue weighted by Gasteiger charge is -2.37. The molecule has 4 rings (SSSR count). The third-order valence-corrected chi connectivity index (χ3v) is 6.76. The van der Waals surface area contributed by atoms with Crippen LogP contribution in [0.25, 0.3) is 11.1 Å². The van der Waals surface area contributed by atoms with Crippen molar-refractivity contribution in [2.24, 2.45) is 5.92 Å². The zero-order valence-electron chi connectivity index (χ0n) is 21.6. The first-order valence-electron chi connectivity index (χ1n) is 12.4. The lowest BCUT2D eigenvalue weighted by atomic mass is 9.98. The SMILES string of the molecule is COc1ccccc1-c1cnc2c(c1)C(=O)N([C@H](C)CO)C[C@@H](C)[C@H](CN(C)C(=O)c1ccccc1)O2. The van der Waals surface area contributed by atoms with Crippen LogP contribution in [0.1, 0.15) is 34.6 Å². The summed E-state index contributed by atoms with van der Waals surface area (Å²) in [5, 5.41) is 9.90. The predicted octanol–water partition coefficient (Wildman–Crippen LogP) is 3.75. The lowest BCUT2D eigenvalue weighted by molar-refractivity contribution is 0.0313. The summed E-state index contributed by atoms with van der Waals surface area (Å²) in [6.07, 6.45) is 1.23. The molecule has 0 radical (unpaired) electrons. The van der Waals surface area contributed by atoms with Crippen molar-refractivity contribution in [3.63, 3.8) is 0 Å². The molecule has 3 atom stereocenters. The Morgan fingerprint density at radius 3 is 2.59 bits per heavy atom. The second-order valence-corrected chi connectivity index (χ2v) is 9.45. The van der Waals surface area contributed by atoms with Gasteiger partial charge in [0.15, 0.2) is 0 Å². The number of aliphatic hydroxyl groups excluding tert-OH is 1. The number of para-hydroxylation sites is 1. The number of ether oxygens (including phenoxy) is 2. The lowest BCUT2D eigenvalue weighted by Crippen LogP contribution is -2.50. The van der Waals surface area contributed by atoms with Crippen molar-refractivity contribution in [3.8, 4) is 22.8 Å². The molecule has 0 saturated heterocycles. The normalized spacial score (nSPS) is 18.2. The Balaban J connectivity index is 1.71. The maximum Gasteiger partial charge on any atom is 0.259 e. The Labute approximate surface area is 217 Å². The Morgan fingerprint density at radius 1 is 1.19 bits per heavy atom. The highest BCUT2D eigenvalue weighted by Gasteiger charge is 2.35. The van der Waals surface area contributed by atoms with Crippen LogP contribution < -0.4 is 9.47 Å². The summed E-state index contributed by atoms with van der Waals surface area (Å²) >= 11 is 0. The number of aromatic nitrogens is 1. The average molecular weight is 504 g/mol. The third-order valence-electron chi connectivity index (χ3n) is 6.76. The highest BCUT2D eigenvalue weighted by atomic mass is 16.5. The molecule has 3 aromatic rings. The van der Waals surface area contributed by atoms with E-state index in [1.54, 1.807) is 48.4 Å². The van der Waals surface area contributed by atoms with Gasteiger partial charge in [0.1, 0.15) is 17.4 Å². The van der Waals surface area contributed by atoms with Gasteiger partial charge in [-0.2, -0.15) is 0 Å². The molecule has 1 aliphatic rings. The smallest absolute Gasteiger partial charge is 0.259 e. The number of likely N-dealkylation sites (N-methyl/N-ethyl adjacent to an activating group) is 1. The summed E-state index contributed by atoms with van der Waals surface area (Å²) in [4.78, 5) is 34.5. The zero-order valence-corrected chi connectivity index (χ0v) is 21.6. The van der Waals surface area contributed by atoms with Crippen molar-refractivity contribution in [2.45, 2.75) is 26.0 Å². The van der Waals surface area contributed by atoms with E-state index in [-0.39, 0.29) is 30.2 Å². The van der Waals surface area contributed by atoms with E-state index in [0.717, 1.165) is 5.56 Å². The van der Waals surface area contributed by atoms with Gasteiger partial charge in [0.2, 0.25) is 5.88 Å². The van der Waals surface area contributed by atoms with E-state index in [9.17, 15) is 14.7 Å². The van der Waals surface area contributed by atoms with E-state index in [2.05, 4.69) is 4.98 Å². The number of carbonyl (C=O) groups is 2. The molecule has 8 nitrogen and oxygen atoms in total. The molecule has 2 aromatic carbocycles. The Hall–Kier alpha value is -3.91. The van der Waals surface area contributed by atoms with Gasteiger partial charge in [0.25, 0.3) is 11.8 Å². The number of benzene rings is 2. The van der Waals surface area contributed by atoms with E-state index >= 15 is 0 Å². The molecule has 1 N–H and O–H groups in total. The van der Waals surface area contributed by atoms with Gasteiger partial charge >= 0.3 is 0 Å². The number of amides is 2. The number of hydrogen-bond acceptors (Lipinski definition) is 6. The third kappa shape index (κ3) is 5.59. The molecular weight excluding hydrogens is 470 g/mol. The molecule has 0 fully saturated rings. The molecule has 2 heterocycles. The van der Waals surface area contributed by atoms with Gasteiger partial charge in [-0.1, -0.05) is 43.3 Å². The van der Waals surface area contributed by atoms with E-state index in [1.165, 1.54) is 0 Å². The van der Waals surface area contributed by atoms with Crippen LogP contribution in [0.3, 0.4) is 0 Å². The Kier molecular flexibility index (Phi) is 8.08. The van der Waals surface area contributed by atoms with Crippen molar-refractivity contribution < 1.29 is 24.2 Å². The standard InChI is InChI=1S/C29H33N3O5/c1-19-16-32(20(2)18-33)29(35)24-14-22(23-12-8-9-13-25(23)36-4)15-30-27(24)37-26(19)17-31(3)28(34)21-10-6-5-7-11-21/h5-15,19-20,26,33H,16-18H2,1-4H3/t19-,20-,26+/m1/s1. The van der Waals surface area contributed by atoms with Crippen molar-refractivity contribution in [2.75, 3.05) is 33.9 Å². The highest BCUT2D eigenvalue weighted by molar-refractivity contribution is 5.98. The van der Waals surface area contributed by atoms with Crippen molar-refractivity contribution in [1.29, 1.82) is 0 Å². The van der Waals surface area contributed by atoms with Gasteiger partial charge in [-0.25, -0.2) is 4.98 Å². The predicted molar refractivity (Wildman–Crippen MR) is 141 cm³/mol. The van der Waals surface area contributed by atoms with Crippen LogP contribution in [0.4, 0.5) is 0 Å². The largest absolute Gasteiger partial charge is 0.496 e. The Bertz CT molecular complexity index is 1250. The van der Waals surface area contributed by atoms with E-state index in [1.807, 2.05) is 56.3 Å². The molecule has 194 valence electrons. The first-order chi connectivity index (χ1) is 17.8. The van der Waals surface area contributed by atoms with Crippen molar-refractivity contribution >= 4 is 11.8 Å². The summed E-state index contributed by atoms with van der Waals surface area (Å²) in [6, 6.07) is 18.0. The number of pyridine rings is 1. The minimum absolute atomic E-state index is 0.116. The van der Waals surface area contributed by atoms with Crippen molar-refractivity contribution in [3.05, 3.63) is 78.0 Å². The van der Waals surface area contributed by atoms with E-state index in [0.29, 0.717) is 35.5 Å². The number of aliphatic hydroxyl groups is 1. The number of hydrogen-bond donors (Lipinski definition) is 1. The highest BCUT2D eigenvalue weighted by Crippen LogP contribution is 2.34. The molecule has 1 aliphatic heterocycles. The minimum atomic E-state index is -0.428. The first-order valence-corrected chi connectivity index (χ1v) is 12.4. The molecule has 0 unspecified atom stereocenters. The molecule has 0 spiro atoms. The van der Waals surface area contributed by atoms with Gasteiger partial charge in [-0.05, 0) is 31.2 Å². The minimum Gasteiger partial charge on any atom is -0.496 e. The van der Waals surface area contributed by atoms with Gasteiger partial charge in [-0.3, -0.25) is 9.59 Å². The second kappa shape index (κ2) is 11.4. The van der Waals surface area contributed by atoms with Gasteiger partial charge in [0.05, 0.1) is 26.3 Å². The first kappa shape index (κ1) is 26.2. The summed E-state index contributed by atoms with van der Waals surface area (Å²) in [5.41, 5.74) is 2.41. The number of fused-ring (bicyclic) bond motifs is 1. The van der Waals surface area contributed by atoms with Gasteiger partial charge in [-0.15, -0.1) is 0 Å². The van der Waals surface area contributed by atoms with E-state index < -0.39 is 12.1 Å². The number of carbonyl (C=O) groups excluding carboxylic acids is 2. The quantitative estimate of drug-likeness (QED) is 0.528. The fraction of sp³-hybridized carbons (Fsp3) is 0.345. The molecule has 1 aromatic heterocycles. The topological polar surface area (TPSA) is 92.2 Å². The molecule has 0 saturated carbocycles. The van der Waals surface area contributed by atoms with Crippen LogP contribution in [-0.4, -0.2) is 77.7 Å². The number of rotatable bonds is 7. The van der Waals surface area contributed by atoms with E-state index in [4.69, 9.17) is 9.47 Å². The summed E-state index contributed by atoms with van der Waals surface area (Å²) in [6.45, 7) is 4.27. The molecule has 37 heavy (non-hydrogen) atoms. The van der Waals surface area contributed by atoms with Crippen LogP contribution in [0.15, 0.2) is 66.9 Å². The monoisotopic (exact) mass is 503 g/mol. The average Bonchev–Trinajstić information content (AvgIpc) is 2.94. The summed E-state index contributed by atoms with van der Waals surface area (Å²) in [5.74, 6) is 0.356. The maximum atomic E-state index is 13.7. The molecule has 0 bridgehead atoms. The second-order valence-electron chi connectivity index (χ2n) is 9.45. The number of methoxy groups -OCH3 is 1. The van der Waals surface area contributed by atoms with Crippen molar-refractivity contribution in [1.82, 2.24) is 14.8 Å². The fourth-order valence-corrected chi connectivity index (χ4v) is 4.50. The Morgan fingerprint density at radius 2 is 1.89 bits per heavy atom. The summed E-state index contributed by atoms with van der Waals surface area (Å²) < 4.78 is 11.8. The molecule has 8 heteroatoms. The zero-order chi connectivity index (χ0) is 26.5. The van der Waals surface area contributed by atoms with Crippen LogP contribution >= 0.6 is 0 Å². The van der Waals surface area contributed by atoms with Crippen LogP contribution in [-0.2, 0) is 0 Å². The van der Waals surface area contributed by atoms with Crippen LogP contribution in [0.2, 0.25) is 0 Å². The summed E-state index contributed by atoms with van der Waals surface area (Å²) in [7, 11) is 3.33. The van der Waals surface area contributed by atoms with Gasteiger partial charge in [0, 0.05) is 42.4 Å². The molecule has 0 aliphatic carbocycles. The fourth-order valence-electron chi connectivity index (χ4n) is 4.50. The van der Waals surface area contributed by atoms with Gasteiger partial charge < -0.3 is 24.4 Å². The maximum absolute atomic E-state index is 13.7.